The molecule has 0 amide bonds. The van der Waals surface area contributed by atoms with E-state index in [-0.39, 0.29) is 23.8 Å². The fraction of sp³-hybridized carbons (Fsp3) is 0.579. The lowest BCUT2D eigenvalue weighted by Gasteiger charge is -2.28. The Morgan fingerprint density at radius 1 is 1.38 bits per heavy atom. The molecule has 1 aromatic rings. The molecule has 0 bridgehead atoms. The van der Waals surface area contributed by atoms with E-state index < -0.39 is 0 Å². The molecular weight excluding hydrogens is 352 g/mol. The summed E-state index contributed by atoms with van der Waals surface area (Å²) in [6.07, 6.45) is 0. The standard InChI is InChI=1S/C19H29ClN4O2/c1-13-11-24(12-16(13)18(25)26-5)19(21-2)22-10-17(23(3)4)14-6-8-15(20)9-7-14/h6-9,13,16-17H,10-12H2,1-5H3,(H,21,22). The van der Waals surface area contributed by atoms with Gasteiger partial charge in [-0.3, -0.25) is 9.79 Å². The van der Waals surface area contributed by atoms with Crippen LogP contribution in [-0.4, -0.2) is 69.6 Å². The van der Waals surface area contributed by atoms with Crippen LogP contribution in [0.5, 0.6) is 0 Å². The van der Waals surface area contributed by atoms with Crippen molar-refractivity contribution in [2.45, 2.75) is 13.0 Å². The quantitative estimate of drug-likeness (QED) is 0.482. The number of methoxy groups -OCH3 is 1. The molecule has 0 spiro atoms. The van der Waals surface area contributed by atoms with Crippen LogP contribution >= 0.6 is 11.6 Å². The molecule has 7 heteroatoms. The summed E-state index contributed by atoms with van der Waals surface area (Å²) in [5, 5.41) is 4.18. The number of rotatable bonds is 5. The molecule has 6 nitrogen and oxygen atoms in total. The first-order chi connectivity index (χ1) is 12.4. The number of hydrogen-bond donors (Lipinski definition) is 1. The largest absolute Gasteiger partial charge is 0.469 e. The van der Waals surface area contributed by atoms with Crippen LogP contribution in [-0.2, 0) is 9.53 Å². The molecule has 1 aromatic carbocycles. The van der Waals surface area contributed by atoms with E-state index >= 15 is 0 Å². The van der Waals surface area contributed by atoms with Crippen molar-refractivity contribution in [3.8, 4) is 0 Å². The molecule has 3 unspecified atom stereocenters. The molecule has 1 aliphatic heterocycles. The monoisotopic (exact) mass is 380 g/mol. The summed E-state index contributed by atoms with van der Waals surface area (Å²) in [4.78, 5) is 20.6. The summed E-state index contributed by atoms with van der Waals surface area (Å²) >= 11 is 6.00. The van der Waals surface area contributed by atoms with Crippen molar-refractivity contribution in [3.05, 3.63) is 34.9 Å². The third-order valence-electron chi connectivity index (χ3n) is 4.96. The van der Waals surface area contributed by atoms with Gasteiger partial charge in [-0.05, 0) is 37.7 Å². The molecule has 0 aliphatic carbocycles. The second-order valence-corrected chi connectivity index (χ2v) is 7.41. The minimum atomic E-state index is -0.150. The fourth-order valence-electron chi connectivity index (χ4n) is 3.40. The molecule has 2 rings (SSSR count). The number of guanidine groups is 1. The number of halogens is 1. The first-order valence-electron chi connectivity index (χ1n) is 8.82. The van der Waals surface area contributed by atoms with Gasteiger partial charge >= 0.3 is 5.97 Å². The second kappa shape index (κ2) is 9.24. The third-order valence-corrected chi connectivity index (χ3v) is 5.21. The molecule has 0 radical (unpaired) electrons. The van der Waals surface area contributed by atoms with Crippen LogP contribution in [0.3, 0.4) is 0 Å². The van der Waals surface area contributed by atoms with Gasteiger partial charge in [0.1, 0.15) is 0 Å². The predicted molar refractivity (Wildman–Crippen MR) is 105 cm³/mol. The maximum absolute atomic E-state index is 11.9. The van der Waals surface area contributed by atoms with Crippen LogP contribution < -0.4 is 5.32 Å². The number of ether oxygens (including phenoxy) is 1. The Kier molecular flexibility index (Phi) is 7.29. The first-order valence-corrected chi connectivity index (χ1v) is 9.20. The van der Waals surface area contributed by atoms with E-state index in [1.807, 2.05) is 24.3 Å². The van der Waals surface area contributed by atoms with E-state index in [0.717, 1.165) is 17.5 Å². The van der Waals surface area contributed by atoms with Crippen molar-refractivity contribution < 1.29 is 9.53 Å². The maximum Gasteiger partial charge on any atom is 0.310 e. The summed E-state index contributed by atoms with van der Waals surface area (Å²) in [6.45, 7) is 4.19. The number of aliphatic imine (C=N–C) groups is 1. The van der Waals surface area contributed by atoms with E-state index in [9.17, 15) is 4.79 Å². The van der Waals surface area contributed by atoms with Crippen LogP contribution in [0, 0.1) is 11.8 Å². The molecule has 1 aliphatic rings. The highest BCUT2D eigenvalue weighted by Crippen LogP contribution is 2.24. The number of carbonyl (C=O) groups excluding carboxylic acids is 1. The maximum atomic E-state index is 11.9. The molecule has 1 fully saturated rings. The van der Waals surface area contributed by atoms with Crippen molar-refractivity contribution in [2.24, 2.45) is 16.8 Å². The van der Waals surface area contributed by atoms with Gasteiger partial charge in [-0.25, -0.2) is 0 Å². The van der Waals surface area contributed by atoms with Crippen molar-refractivity contribution in [3.63, 3.8) is 0 Å². The van der Waals surface area contributed by atoms with E-state index in [1.165, 1.54) is 12.7 Å². The van der Waals surface area contributed by atoms with Crippen molar-refractivity contribution in [2.75, 3.05) is 47.9 Å². The van der Waals surface area contributed by atoms with E-state index in [1.54, 1.807) is 7.05 Å². The molecule has 0 aromatic heterocycles. The Labute approximate surface area is 161 Å². The Balaban J connectivity index is 2.03. The van der Waals surface area contributed by atoms with E-state index in [2.05, 4.69) is 41.1 Å². The molecule has 1 N–H and O–H groups in total. The molecule has 26 heavy (non-hydrogen) atoms. The molecule has 1 heterocycles. The van der Waals surface area contributed by atoms with E-state index in [0.29, 0.717) is 13.1 Å². The van der Waals surface area contributed by atoms with Crippen LogP contribution in [0.25, 0.3) is 0 Å². The van der Waals surface area contributed by atoms with Gasteiger partial charge in [0, 0.05) is 31.7 Å². The molecule has 0 saturated carbocycles. The lowest BCUT2D eigenvalue weighted by Crippen LogP contribution is -2.43. The van der Waals surface area contributed by atoms with Gasteiger partial charge in [0.2, 0.25) is 0 Å². The van der Waals surface area contributed by atoms with Gasteiger partial charge in [0.15, 0.2) is 5.96 Å². The third kappa shape index (κ3) is 4.89. The normalized spacial score (nSPS) is 21.8. The summed E-state index contributed by atoms with van der Waals surface area (Å²) in [5.41, 5.74) is 1.18. The van der Waals surface area contributed by atoms with Crippen molar-refractivity contribution in [1.29, 1.82) is 0 Å². The summed E-state index contributed by atoms with van der Waals surface area (Å²) in [5.74, 6) is 0.785. The van der Waals surface area contributed by atoms with Gasteiger partial charge in [-0.15, -0.1) is 0 Å². The average Bonchev–Trinajstić information content (AvgIpc) is 3.00. The fourth-order valence-corrected chi connectivity index (χ4v) is 3.53. The molecule has 144 valence electrons. The van der Waals surface area contributed by atoms with Crippen LogP contribution in [0.4, 0.5) is 0 Å². The minimum Gasteiger partial charge on any atom is -0.469 e. The van der Waals surface area contributed by atoms with E-state index in [4.69, 9.17) is 16.3 Å². The minimum absolute atomic E-state index is 0.112. The lowest BCUT2D eigenvalue weighted by atomic mass is 9.99. The van der Waals surface area contributed by atoms with Crippen LogP contribution in [0.15, 0.2) is 29.3 Å². The summed E-state index contributed by atoms with van der Waals surface area (Å²) in [6, 6.07) is 8.09. The highest BCUT2D eigenvalue weighted by Gasteiger charge is 2.37. The van der Waals surface area contributed by atoms with Crippen LogP contribution in [0.1, 0.15) is 18.5 Å². The zero-order valence-electron chi connectivity index (χ0n) is 16.2. The van der Waals surface area contributed by atoms with Gasteiger partial charge < -0.3 is 19.9 Å². The predicted octanol–water partition coefficient (Wildman–Crippen LogP) is 2.26. The summed E-state index contributed by atoms with van der Waals surface area (Å²) < 4.78 is 4.92. The number of likely N-dealkylation sites (tertiary alicyclic amines) is 1. The Morgan fingerprint density at radius 2 is 2.04 bits per heavy atom. The number of benzene rings is 1. The van der Waals surface area contributed by atoms with Gasteiger partial charge in [0.25, 0.3) is 0 Å². The smallest absolute Gasteiger partial charge is 0.310 e. The van der Waals surface area contributed by atoms with Gasteiger partial charge in [-0.2, -0.15) is 0 Å². The highest BCUT2D eigenvalue weighted by molar-refractivity contribution is 6.30. The average molecular weight is 381 g/mol. The van der Waals surface area contributed by atoms with Crippen molar-refractivity contribution >= 4 is 23.5 Å². The Morgan fingerprint density at radius 3 is 2.58 bits per heavy atom. The number of hydrogen-bond acceptors (Lipinski definition) is 4. The topological polar surface area (TPSA) is 57.2 Å². The SMILES string of the molecule is CN=C(NCC(c1ccc(Cl)cc1)N(C)C)N1CC(C)C(C(=O)OC)C1. The number of esters is 1. The Bertz CT molecular complexity index is 633. The second-order valence-electron chi connectivity index (χ2n) is 6.97. The zero-order valence-corrected chi connectivity index (χ0v) is 17.0. The zero-order chi connectivity index (χ0) is 19.3. The number of carbonyl (C=O) groups is 1. The first kappa shape index (κ1) is 20.5. The number of nitrogens with zero attached hydrogens (tertiary/aromatic N) is 3. The lowest BCUT2D eigenvalue weighted by molar-refractivity contribution is -0.145. The Hall–Kier alpha value is -1.79. The molecular formula is C19H29ClN4O2. The van der Waals surface area contributed by atoms with Crippen molar-refractivity contribution in [1.82, 2.24) is 15.1 Å². The van der Waals surface area contributed by atoms with Gasteiger partial charge in [-0.1, -0.05) is 30.7 Å². The molecule has 3 atom stereocenters. The molecule has 1 saturated heterocycles. The number of likely N-dealkylation sites (N-methyl/N-ethyl adjacent to an activating group) is 1. The highest BCUT2D eigenvalue weighted by atomic mass is 35.5. The van der Waals surface area contributed by atoms with Gasteiger partial charge in [0.05, 0.1) is 19.1 Å². The number of nitrogens with one attached hydrogen (secondary N) is 1. The van der Waals surface area contributed by atoms with Crippen LogP contribution in [0.2, 0.25) is 5.02 Å². The summed E-state index contributed by atoms with van der Waals surface area (Å²) in [7, 11) is 7.31.